The number of rotatable bonds is 6. The maximum absolute atomic E-state index is 13.3. The number of anilines is 1. The number of nitrogens with zero attached hydrogens (tertiary/aromatic N) is 1. The van der Waals surface area contributed by atoms with E-state index in [0.29, 0.717) is 29.5 Å². The first-order valence-corrected chi connectivity index (χ1v) is 11.4. The molecule has 1 aliphatic rings. The van der Waals surface area contributed by atoms with E-state index in [4.69, 9.17) is 4.74 Å². The predicted octanol–water partition coefficient (Wildman–Crippen LogP) is 5.96. The number of ketones is 1. The monoisotopic (exact) mass is 455 g/mol. The lowest BCUT2D eigenvalue weighted by atomic mass is 9.95. The van der Waals surface area contributed by atoms with Gasteiger partial charge in [-0.05, 0) is 49.1 Å². The van der Waals surface area contributed by atoms with E-state index in [-0.39, 0.29) is 11.3 Å². The van der Waals surface area contributed by atoms with E-state index in [1.54, 1.807) is 18.2 Å². The highest BCUT2D eigenvalue weighted by molar-refractivity contribution is 6.51. The van der Waals surface area contributed by atoms with Crippen LogP contribution in [0.3, 0.4) is 0 Å². The smallest absolute Gasteiger partial charge is 0.300 e. The molecule has 5 nitrogen and oxygen atoms in total. The average molecular weight is 456 g/mol. The first-order valence-electron chi connectivity index (χ1n) is 11.4. The number of hydrogen-bond acceptors (Lipinski definition) is 4. The molecular weight excluding hydrogens is 426 g/mol. The molecule has 1 atom stereocenters. The van der Waals surface area contributed by atoms with Crippen LogP contribution in [0.15, 0.2) is 78.4 Å². The standard InChI is InChI=1S/C29H29NO4/c1-18(2)17-34-23-12-8-11-22(16-23)27(31)25-26(21-9-6-5-7-10-21)30(29(33)28(25)32)24-14-13-19(3)15-20(24)4/h5-16,18,26,31H,17H2,1-4H3/b27-25+. The second-order valence-corrected chi connectivity index (χ2v) is 9.10. The van der Waals surface area contributed by atoms with Crippen molar-refractivity contribution >= 4 is 23.1 Å². The number of benzene rings is 3. The minimum atomic E-state index is -0.747. The van der Waals surface area contributed by atoms with Crippen LogP contribution in [0.1, 0.15) is 42.1 Å². The number of carbonyl (C=O) groups excluding carboxylic acids is 2. The van der Waals surface area contributed by atoms with Crippen LogP contribution in [0.2, 0.25) is 0 Å². The Morgan fingerprint density at radius 3 is 2.38 bits per heavy atom. The van der Waals surface area contributed by atoms with Crippen molar-refractivity contribution in [2.75, 3.05) is 11.5 Å². The van der Waals surface area contributed by atoms with Crippen molar-refractivity contribution in [3.8, 4) is 5.75 Å². The molecule has 0 aliphatic carbocycles. The molecule has 1 amide bonds. The summed E-state index contributed by atoms with van der Waals surface area (Å²) in [6, 6.07) is 21.3. The van der Waals surface area contributed by atoms with Gasteiger partial charge in [-0.1, -0.05) is 74.0 Å². The molecule has 0 aromatic heterocycles. The maximum atomic E-state index is 13.3. The van der Waals surface area contributed by atoms with Gasteiger partial charge < -0.3 is 9.84 Å². The van der Waals surface area contributed by atoms with Crippen LogP contribution in [-0.4, -0.2) is 23.4 Å². The second kappa shape index (κ2) is 9.56. The van der Waals surface area contributed by atoms with Gasteiger partial charge in [0, 0.05) is 11.3 Å². The van der Waals surface area contributed by atoms with Gasteiger partial charge in [-0.25, -0.2) is 0 Å². The van der Waals surface area contributed by atoms with Gasteiger partial charge in [0.1, 0.15) is 11.5 Å². The summed E-state index contributed by atoms with van der Waals surface area (Å²) in [5.74, 6) is -0.639. The third-order valence-corrected chi connectivity index (χ3v) is 5.86. The Labute approximate surface area is 200 Å². The molecule has 34 heavy (non-hydrogen) atoms. The number of aliphatic hydroxyl groups excluding tert-OH is 1. The van der Waals surface area contributed by atoms with Crippen molar-refractivity contribution in [1.29, 1.82) is 0 Å². The minimum Gasteiger partial charge on any atom is -0.507 e. The summed E-state index contributed by atoms with van der Waals surface area (Å²) in [7, 11) is 0. The summed E-state index contributed by atoms with van der Waals surface area (Å²) in [6.07, 6.45) is 0. The van der Waals surface area contributed by atoms with Gasteiger partial charge in [0.25, 0.3) is 11.7 Å². The van der Waals surface area contributed by atoms with Gasteiger partial charge in [0.15, 0.2) is 0 Å². The molecule has 174 valence electrons. The summed E-state index contributed by atoms with van der Waals surface area (Å²) in [4.78, 5) is 28.1. The molecule has 0 bridgehead atoms. The Morgan fingerprint density at radius 1 is 0.971 bits per heavy atom. The van der Waals surface area contributed by atoms with Gasteiger partial charge >= 0.3 is 0 Å². The van der Waals surface area contributed by atoms with Crippen LogP contribution in [0.5, 0.6) is 5.75 Å². The van der Waals surface area contributed by atoms with E-state index in [2.05, 4.69) is 13.8 Å². The van der Waals surface area contributed by atoms with Crippen molar-refractivity contribution in [2.24, 2.45) is 5.92 Å². The second-order valence-electron chi connectivity index (χ2n) is 9.10. The number of aliphatic hydroxyl groups is 1. The Morgan fingerprint density at radius 2 is 1.71 bits per heavy atom. The first kappa shape index (κ1) is 23.3. The van der Waals surface area contributed by atoms with Crippen LogP contribution in [0.4, 0.5) is 5.69 Å². The summed E-state index contributed by atoms with van der Waals surface area (Å²) in [5, 5.41) is 11.3. The molecule has 4 rings (SSSR count). The summed E-state index contributed by atoms with van der Waals surface area (Å²) >= 11 is 0. The number of carbonyl (C=O) groups is 2. The molecule has 1 unspecified atom stereocenters. The van der Waals surface area contributed by atoms with Gasteiger partial charge in [-0.3, -0.25) is 14.5 Å². The maximum Gasteiger partial charge on any atom is 0.300 e. The van der Waals surface area contributed by atoms with Crippen LogP contribution < -0.4 is 9.64 Å². The quantitative estimate of drug-likeness (QED) is 0.283. The summed E-state index contributed by atoms with van der Waals surface area (Å²) in [6.45, 7) is 8.54. The van der Waals surface area contributed by atoms with Gasteiger partial charge in [0.2, 0.25) is 0 Å². The van der Waals surface area contributed by atoms with E-state index < -0.39 is 17.7 Å². The normalized spacial score (nSPS) is 17.4. The molecule has 1 heterocycles. The van der Waals surface area contributed by atoms with Crippen LogP contribution in [0, 0.1) is 19.8 Å². The van der Waals surface area contributed by atoms with Crippen LogP contribution in [0.25, 0.3) is 5.76 Å². The highest BCUT2D eigenvalue weighted by atomic mass is 16.5. The van der Waals surface area contributed by atoms with Crippen molar-refractivity contribution in [3.05, 3.63) is 101 Å². The Hall–Kier alpha value is -3.86. The fourth-order valence-corrected chi connectivity index (χ4v) is 4.26. The highest BCUT2D eigenvalue weighted by Crippen LogP contribution is 2.43. The van der Waals surface area contributed by atoms with Crippen molar-refractivity contribution < 1.29 is 19.4 Å². The van der Waals surface area contributed by atoms with E-state index >= 15 is 0 Å². The molecule has 0 saturated carbocycles. The highest BCUT2D eigenvalue weighted by Gasteiger charge is 2.47. The lowest BCUT2D eigenvalue weighted by Crippen LogP contribution is -2.30. The fourth-order valence-electron chi connectivity index (χ4n) is 4.26. The summed E-state index contributed by atoms with van der Waals surface area (Å²) in [5.41, 5.74) is 3.84. The summed E-state index contributed by atoms with van der Waals surface area (Å²) < 4.78 is 5.80. The third kappa shape index (κ3) is 4.46. The predicted molar refractivity (Wildman–Crippen MR) is 134 cm³/mol. The van der Waals surface area contributed by atoms with E-state index in [0.717, 1.165) is 16.7 Å². The number of Topliss-reactive ketones (excluding diaryl/α,β-unsaturated/α-hetero) is 1. The van der Waals surface area contributed by atoms with Crippen LogP contribution in [-0.2, 0) is 9.59 Å². The molecule has 0 spiro atoms. The zero-order chi connectivity index (χ0) is 24.4. The largest absolute Gasteiger partial charge is 0.507 e. The van der Waals surface area contributed by atoms with Crippen molar-refractivity contribution in [3.63, 3.8) is 0 Å². The van der Waals surface area contributed by atoms with Gasteiger partial charge in [-0.15, -0.1) is 0 Å². The lowest BCUT2D eigenvalue weighted by molar-refractivity contribution is -0.132. The number of aryl methyl sites for hydroxylation is 2. The fraction of sp³-hybridized carbons (Fsp3) is 0.241. The van der Waals surface area contributed by atoms with Crippen molar-refractivity contribution in [2.45, 2.75) is 33.7 Å². The van der Waals surface area contributed by atoms with Gasteiger partial charge in [0.05, 0.1) is 18.2 Å². The molecule has 0 radical (unpaired) electrons. The first-order chi connectivity index (χ1) is 16.3. The van der Waals surface area contributed by atoms with E-state index in [9.17, 15) is 14.7 Å². The molecule has 3 aromatic carbocycles. The molecule has 1 aliphatic heterocycles. The zero-order valence-electron chi connectivity index (χ0n) is 19.9. The minimum absolute atomic E-state index is 0.0668. The molecule has 1 saturated heterocycles. The lowest BCUT2D eigenvalue weighted by Gasteiger charge is -2.27. The number of hydrogen-bond donors (Lipinski definition) is 1. The number of amides is 1. The molecule has 1 N–H and O–H groups in total. The molecule has 1 fully saturated rings. The van der Waals surface area contributed by atoms with E-state index in [1.807, 2.05) is 68.4 Å². The van der Waals surface area contributed by atoms with Crippen molar-refractivity contribution in [1.82, 2.24) is 0 Å². The Kier molecular flexibility index (Phi) is 6.55. The van der Waals surface area contributed by atoms with E-state index in [1.165, 1.54) is 4.90 Å². The Bertz CT molecular complexity index is 1260. The number of ether oxygens (including phenoxy) is 1. The SMILES string of the molecule is Cc1ccc(N2C(=O)C(=O)/C(=C(/O)c3cccc(OCC(C)C)c3)C2c2ccccc2)c(C)c1. The van der Waals surface area contributed by atoms with Crippen LogP contribution >= 0.6 is 0 Å². The topological polar surface area (TPSA) is 66.8 Å². The zero-order valence-corrected chi connectivity index (χ0v) is 19.9. The van der Waals surface area contributed by atoms with Gasteiger partial charge in [-0.2, -0.15) is 0 Å². The third-order valence-electron chi connectivity index (χ3n) is 5.86. The average Bonchev–Trinajstić information content (AvgIpc) is 3.08. The molecule has 5 heteroatoms. The molecule has 3 aromatic rings. The Balaban J connectivity index is 1.87. The molecular formula is C29H29NO4.